The number of hydrogen-bond donors (Lipinski definition) is 0. The smallest absolute Gasteiger partial charge is 0.148 e. The number of benzene rings is 1. The van der Waals surface area contributed by atoms with Crippen molar-refractivity contribution in [1.29, 1.82) is 0 Å². The number of aromatic nitrogens is 3. The lowest BCUT2D eigenvalue weighted by molar-refractivity contribution is 0.549. The van der Waals surface area contributed by atoms with Crippen LogP contribution in [0.15, 0.2) is 24.3 Å². The summed E-state index contributed by atoms with van der Waals surface area (Å²) in [5.74, 6) is 2.92. The summed E-state index contributed by atoms with van der Waals surface area (Å²) in [6, 6.07) is 9.37. The molecule has 2 aromatic rings. The molecule has 4 heteroatoms. The zero-order valence-corrected chi connectivity index (χ0v) is 12.2. The molecule has 1 fully saturated rings. The van der Waals surface area contributed by atoms with Crippen LogP contribution in [-0.2, 0) is 12.3 Å². The van der Waals surface area contributed by atoms with Crippen molar-refractivity contribution < 1.29 is 0 Å². The molecule has 0 spiro atoms. The minimum atomic E-state index is 0.394. The van der Waals surface area contributed by atoms with Gasteiger partial charge in [0, 0.05) is 12.0 Å². The lowest BCUT2D eigenvalue weighted by Crippen LogP contribution is -2.16. The fourth-order valence-electron chi connectivity index (χ4n) is 3.42. The highest BCUT2D eigenvalue weighted by Crippen LogP contribution is 2.42. The Bertz CT molecular complexity index is 630. The van der Waals surface area contributed by atoms with Crippen LogP contribution < -0.4 is 0 Å². The third kappa shape index (κ3) is 1.96. The summed E-state index contributed by atoms with van der Waals surface area (Å²) >= 11 is 6.03. The van der Waals surface area contributed by atoms with E-state index in [1.54, 1.807) is 0 Å². The Labute approximate surface area is 124 Å². The number of nitrogens with zero attached hydrogens (tertiary/aromatic N) is 3. The molecule has 4 rings (SSSR count). The predicted octanol–water partition coefficient (Wildman–Crippen LogP) is 3.82. The molecule has 3 nitrogen and oxygen atoms in total. The Morgan fingerprint density at radius 1 is 1.15 bits per heavy atom. The van der Waals surface area contributed by atoms with E-state index in [0.717, 1.165) is 11.6 Å². The highest BCUT2D eigenvalue weighted by molar-refractivity contribution is 6.16. The number of rotatable bonds is 3. The summed E-state index contributed by atoms with van der Waals surface area (Å²) in [5.41, 5.74) is 2.91. The SMILES string of the molecule is ClCc1nnc(C2CCCc3ccccc32)n1C1CC1. The fourth-order valence-corrected chi connectivity index (χ4v) is 3.60. The van der Waals surface area contributed by atoms with E-state index in [0.29, 0.717) is 17.8 Å². The molecular weight excluding hydrogens is 270 g/mol. The summed E-state index contributed by atoms with van der Waals surface area (Å²) in [7, 11) is 0. The quantitative estimate of drug-likeness (QED) is 0.804. The van der Waals surface area contributed by atoms with Crippen LogP contribution in [0, 0.1) is 0 Å². The van der Waals surface area contributed by atoms with Gasteiger partial charge < -0.3 is 4.57 Å². The van der Waals surface area contributed by atoms with E-state index in [1.807, 2.05) is 0 Å². The van der Waals surface area contributed by atoms with Gasteiger partial charge in [0.05, 0.1) is 5.88 Å². The topological polar surface area (TPSA) is 30.7 Å². The van der Waals surface area contributed by atoms with Crippen LogP contribution in [0.3, 0.4) is 0 Å². The van der Waals surface area contributed by atoms with Crippen molar-refractivity contribution in [2.45, 2.75) is 49.9 Å². The van der Waals surface area contributed by atoms with Gasteiger partial charge >= 0.3 is 0 Å². The van der Waals surface area contributed by atoms with Gasteiger partial charge in [0.25, 0.3) is 0 Å². The largest absolute Gasteiger partial charge is 0.310 e. The molecule has 2 aliphatic carbocycles. The van der Waals surface area contributed by atoms with Gasteiger partial charge in [-0.25, -0.2) is 0 Å². The monoisotopic (exact) mass is 287 g/mol. The van der Waals surface area contributed by atoms with E-state index in [-0.39, 0.29) is 0 Å². The molecule has 20 heavy (non-hydrogen) atoms. The number of hydrogen-bond acceptors (Lipinski definition) is 2. The van der Waals surface area contributed by atoms with Crippen LogP contribution in [0.5, 0.6) is 0 Å². The van der Waals surface area contributed by atoms with Crippen LogP contribution in [0.2, 0.25) is 0 Å². The Hall–Kier alpha value is -1.35. The van der Waals surface area contributed by atoms with Gasteiger partial charge in [0.15, 0.2) is 0 Å². The molecule has 1 aromatic carbocycles. The molecule has 0 radical (unpaired) electrons. The molecule has 1 aromatic heterocycles. The van der Waals surface area contributed by atoms with Crippen molar-refractivity contribution in [2.24, 2.45) is 0 Å². The average Bonchev–Trinajstić information content (AvgIpc) is 3.25. The second kappa shape index (κ2) is 4.88. The Balaban J connectivity index is 1.81. The maximum Gasteiger partial charge on any atom is 0.148 e. The molecule has 1 heterocycles. The minimum Gasteiger partial charge on any atom is -0.310 e. The van der Waals surface area contributed by atoms with Crippen LogP contribution >= 0.6 is 11.6 Å². The highest BCUT2D eigenvalue weighted by Gasteiger charge is 2.33. The van der Waals surface area contributed by atoms with Crippen molar-refractivity contribution in [1.82, 2.24) is 14.8 Å². The first-order valence-corrected chi connectivity index (χ1v) is 7.99. The van der Waals surface area contributed by atoms with Gasteiger partial charge in [0.2, 0.25) is 0 Å². The highest BCUT2D eigenvalue weighted by atomic mass is 35.5. The van der Waals surface area contributed by atoms with Crippen LogP contribution in [0.4, 0.5) is 0 Å². The van der Waals surface area contributed by atoms with Crippen molar-refractivity contribution in [3.63, 3.8) is 0 Å². The van der Waals surface area contributed by atoms with Gasteiger partial charge in [-0.3, -0.25) is 0 Å². The van der Waals surface area contributed by atoms with Crippen molar-refractivity contribution in [3.8, 4) is 0 Å². The van der Waals surface area contributed by atoms with Crippen LogP contribution in [0.25, 0.3) is 0 Å². The van der Waals surface area contributed by atoms with Gasteiger partial charge in [-0.05, 0) is 43.2 Å². The zero-order chi connectivity index (χ0) is 13.5. The second-order valence-electron chi connectivity index (χ2n) is 5.85. The molecule has 0 amide bonds. The maximum absolute atomic E-state index is 6.03. The molecule has 1 atom stereocenters. The van der Waals surface area contributed by atoms with Crippen molar-refractivity contribution in [2.75, 3.05) is 0 Å². The van der Waals surface area contributed by atoms with E-state index < -0.39 is 0 Å². The van der Waals surface area contributed by atoms with E-state index >= 15 is 0 Å². The standard InChI is InChI=1S/C16H18ClN3/c17-10-15-18-19-16(20(15)12-8-9-12)14-7-3-5-11-4-1-2-6-13(11)14/h1-2,4,6,12,14H,3,5,7-10H2. The summed E-state index contributed by atoms with van der Waals surface area (Å²) in [6.45, 7) is 0. The van der Waals surface area contributed by atoms with Gasteiger partial charge in [0.1, 0.15) is 11.6 Å². The Morgan fingerprint density at radius 2 is 2.00 bits per heavy atom. The lowest BCUT2D eigenvalue weighted by atomic mass is 9.82. The first-order valence-electron chi connectivity index (χ1n) is 7.46. The molecular formula is C16H18ClN3. The number of aryl methyl sites for hydroxylation is 1. The molecule has 104 valence electrons. The summed E-state index contributed by atoms with van der Waals surface area (Å²) in [5, 5.41) is 8.82. The van der Waals surface area contributed by atoms with Crippen molar-refractivity contribution >= 4 is 11.6 Å². The maximum atomic E-state index is 6.03. The van der Waals surface area contributed by atoms with E-state index in [1.165, 1.54) is 43.2 Å². The summed E-state index contributed by atoms with van der Waals surface area (Å²) in [6.07, 6.45) is 6.07. The van der Waals surface area contributed by atoms with Gasteiger partial charge in [-0.15, -0.1) is 21.8 Å². The molecule has 1 saturated carbocycles. The van der Waals surface area contributed by atoms with Crippen LogP contribution in [-0.4, -0.2) is 14.8 Å². The molecule has 0 saturated heterocycles. The minimum absolute atomic E-state index is 0.394. The molecule has 0 N–H and O–H groups in total. The van der Waals surface area contributed by atoms with Crippen molar-refractivity contribution in [3.05, 3.63) is 47.0 Å². The predicted molar refractivity (Wildman–Crippen MR) is 79.1 cm³/mol. The van der Waals surface area contributed by atoms with E-state index in [2.05, 4.69) is 39.0 Å². The number of halogens is 1. The van der Waals surface area contributed by atoms with Gasteiger partial charge in [-0.2, -0.15) is 0 Å². The molecule has 2 aliphatic rings. The molecule has 1 unspecified atom stereocenters. The Kier molecular flexibility index (Phi) is 3.03. The second-order valence-corrected chi connectivity index (χ2v) is 6.12. The normalized spacial score (nSPS) is 21.8. The van der Waals surface area contributed by atoms with E-state index in [9.17, 15) is 0 Å². The zero-order valence-electron chi connectivity index (χ0n) is 11.4. The average molecular weight is 288 g/mol. The third-order valence-corrected chi connectivity index (χ3v) is 4.74. The third-order valence-electron chi connectivity index (χ3n) is 4.51. The van der Waals surface area contributed by atoms with E-state index in [4.69, 9.17) is 11.6 Å². The number of fused-ring (bicyclic) bond motifs is 1. The lowest BCUT2D eigenvalue weighted by Gasteiger charge is -2.25. The van der Waals surface area contributed by atoms with Gasteiger partial charge in [-0.1, -0.05) is 24.3 Å². The first-order chi connectivity index (χ1) is 9.88. The Morgan fingerprint density at radius 3 is 2.80 bits per heavy atom. The van der Waals surface area contributed by atoms with Crippen LogP contribution in [0.1, 0.15) is 60.4 Å². The first kappa shape index (κ1) is 12.4. The molecule has 0 bridgehead atoms. The summed E-state index contributed by atoms with van der Waals surface area (Å²) in [4.78, 5) is 0. The number of alkyl halides is 1. The molecule has 0 aliphatic heterocycles. The summed E-state index contributed by atoms with van der Waals surface area (Å²) < 4.78 is 2.32. The fraction of sp³-hybridized carbons (Fsp3) is 0.500.